The van der Waals surface area contributed by atoms with Crippen LogP contribution in [0.2, 0.25) is 0 Å². The van der Waals surface area contributed by atoms with E-state index in [1.165, 1.54) is 12.1 Å². The van der Waals surface area contributed by atoms with Crippen LogP contribution in [0, 0.1) is 0 Å². The Balaban J connectivity index is 2.02. The molecule has 1 N–H and O–H groups in total. The number of ether oxygens (including phenoxy) is 1. The van der Waals surface area contributed by atoms with Crippen molar-refractivity contribution in [1.29, 1.82) is 0 Å². The molecule has 0 aromatic heterocycles. The fourth-order valence-corrected chi connectivity index (χ4v) is 2.82. The van der Waals surface area contributed by atoms with E-state index in [0.717, 1.165) is 0 Å². The summed E-state index contributed by atoms with van der Waals surface area (Å²) < 4.78 is 32.4. The minimum Gasteiger partial charge on any atom is -0.457 e. The molecule has 118 valence electrons. The SMILES string of the molecule is CN(C)CCNS(=O)(=O)c1ccc(Oc2ccccc2)cc1. The van der Waals surface area contributed by atoms with E-state index in [2.05, 4.69) is 4.72 Å². The van der Waals surface area contributed by atoms with Crippen molar-refractivity contribution in [2.75, 3.05) is 27.2 Å². The van der Waals surface area contributed by atoms with Gasteiger partial charge in [0.25, 0.3) is 0 Å². The quantitative estimate of drug-likeness (QED) is 0.850. The van der Waals surface area contributed by atoms with Gasteiger partial charge in [0, 0.05) is 13.1 Å². The average Bonchev–Trinajstić information content (AvgIpc) is 2.48. The van der Waals surface area contributed by atoms with Crippen LogP contribution in [0.1, 0.15) is 0 Å². The van der Waals surface area contributed by atoms with Crippen LogP contribution in [0.25, 0.3) is 0 Å². The highest BCUT2D eigenvalue weighted by molar-refractivity contribution is 7.89. The Bertz CT molecular complexity index is 683. The van der Waals surface area contributed by atoms with Gasteiger partial charge in [0.2, 0.25) is 10.0 Å². The molecule has 0 unspecified atom stereocenters. The van der Waals surface area contributed by atoms with Crippen molar-refractivity contribution in [2.24, 2.45) is 0 Å². The van der Waals surface area contributed by atoms with Gasteiger partial charge < -0.3 is 9.64 Å². The van der Waals surface area contributed by atoms with Gasteiger partial charge in [-0.2, -0.15) is 0 Å². The molecule has 0 aliphatic rings. The second kappa shape index (κ2) is 7.40. The molecule has 2 aromatic rings. The Kier molecular flexibility index (Phi) is 5.54. The summed E-state index contributed by atoms with van der Waals surface area (Å²) in [5, 5.41) is 0. The van der Waals surface area contributed by atoms with Gasteiger partial charge >= 0.3 is 0 Å². The summed E-state index contributed by atoms with van der Waals surface area (Å²) in [5.41, 5.74) is 0. The van der Waals surface area contributed by atoms with Crippen molar-refractivity contribution in [2.45, 2.75) is 4.90 Å². The molecule has 0 saturated heterocycles. The van der Waals surface area contributed by atoms with Gasteiger partial charge in [-0.15, -0.1) is 0 Å². The lowest BCUT2D eigenvalue weighted by Gasteiger charge is -2.11. The van der Waals surface area contributed by atoms with E-state index in [1.54, 1.807) is 12.1 Å². The second-order valence-corrected chi connectivity index (χ2v) is 6.85. The lowest BCUT2D eigenvalue weighted by Crippen LogP contribution is -2.31. The molecule has 2 rings (SSSR count). The maximum Gasteiger partial charge on any atom is 0.240 e. The molecule has 5 nitrogen and oxygen atoms in total. The minimum atomic E-state index is -3.48. The topological polar surface area (TPSA) is 58.6 Å². The van der Waals surface area contributed by atoms with Crippen molar-refractivity contribution in [1.82, 2.24) is 9.62 Å². The van der Waals surface area contributed by atoms with Crippen LogP contribution in [-0.4, -0.2) is 40.5 Å². The Morgan fingerprint density at radius 2 is 1.55 bits per heavy atom. The molecule has 0 fully saturated rings. The normalized spacial score (nSPS) is 11.6. The summed E-state index contributed by atoms with van der Waals surface area (Å²) in [6.45, 7) is 1.02. The van der Waals surface area contributed by atoms with E-state index in [4.69, 9.17) is 4.74 Å². The van der Waals surface area contributed by atoms with Crippen LogP contribution in [0.5, 0.6) is 11.5 Å². The van der Waals surface area contributed by atoms with Gasteiger partial charge in [-0.25, -0.2) is 13.1 Å². The molecular weight excluding hydrogens is 300 g/mol. The summed E-state index contributed by atoms with van der Waals surface area (Å²) in [7, 11) is 0.308. The standard InChI is InChI=1S/C16H20N2O3S/c1-18(2)13-12-17-22(19,20)16-10-8-15(9-11-16)21-14-6-4-3-5-7-14/h3-11,17H,12-13H2,1-2H3. The van der Waals surface area contributed by atoms with Gasteiger partial charge in [-0.1, -0.05) is 18.2 Å². The fourth-order valence-electron chi connectivity index (χ4n) is 1.80. The largest absolute Gasteiger partial charge is 0.457 e. The molecule has 0 saturated carbocycles. The van der Waals surface area contributed by atoms with E-state index >= 15 is 0 Å². The number of likely N-dealkylation sites (N-methyl/N-ethyl adjacent to an activating group) is 1. The maximum atomic E-state index is 12.1. The number of para-hydroxylation sites is 1. The molecule has 0 aliphatic heterocycles. The van der Waals surface area contributed by atoms with Gasteiger partial charge in [-0.05, 0) is 50.5 Å². The van der Waals surface area contributed by atoms with E-state index in [-0.39, 0.29) is 4.90 Å². The van der Waals surface area contributed by atoms with Gasteiger partial charge in [0.05, 0.1) is 4.90 Å². The van der Waals surface area contributed by atoms with Crippen LogP contribution in [0.3, 0.4) is 0 Å². The second-order valence-electron chi connectivity index (χ2n) is 5.09. The van der Waals surface area contributed by atoms with Crippen molar-refractivity contribution in [3.05, 3.63) is 54.6 Å². The molecule has 2 aromatic carbocycles. The van der Waals surface area contributed by atoms with E-state index in [9.17, 15) is 8.42 Å². The molecule has 6 heteroatoms. The highest BCUT2D eigenvalue weighted by atomic mass is 32.2. The maximum absolute atomic E-state index is 12.1. The first-order valence-corrected chi connectivity index (χ1v) is 8.43. The summed E-state index contributed by atoms with van der Waals surface area (Å²) in [6.07, 6.45) is 0. The third-order valence-corrected chi connectivity index (χ3v) is 4.44. The van der Waals surface area contributed by atoms with Crippen molar-refractivity contribution in [3.8, 4) is 11.5 Å². The molecular formula is C16H20N2O3S. The zero-order valence-corrected chi connectivity index (χ0v) is 13.5. The molecule has 0 aliphatic carbocycles. The summed E-state index contributed by atoms with van der Waals surface area (Å²) >= 11 is 0. The van der Waals surface area contributed by atoms with Gasteiger partial charge in [0.15, 0.2) is 0 Å². The minimum absolute atomic E-state index is 0.228. The summed E-state index contributed by atoms with van der Waals surface area (Å²) in [5.74, 6) is 1.31. The van der Waals surface area contributed by atoms with E-state index in [0.29, 0.717) is 24.6 Å². The predicted octanol–water partition coefficient (Wildman–Crippen LogP) is 2.32. The molecule has 0 amide bonds. The number of hydrogen-bond donors (Lipinski definition) is 1. The van der Waals surface area contributed by atoms with E-state index in [1.807, 2.05) is 49.3 Å². The van der Waals surface area contributed by atoms with Crippen LogP contribution in [-0.2, 0) is 10.0 Å². The van der Waals surface area contributed by atoms with Crippen molar-refractivity contribution >= 4 is 10.0 Å². The third-order valence-electron chi connectivity index (χ3n) is 2.96. The zero-order valence-electron chi connectivity index (χ0n) is 12.7. The summed E-state index contributed by atoms with van der Waals surface area (Å²) in [6, 6.07) is 15.7. The number of benzene rings is 2. The molecule has 0 bridgehead atoms. The lowest BCUT2D eigenvalue weighted by molar-refractivity contribution is 0.412. The Morgan fingerprint density at radius 3 is 2.14 bits per heavy atom. The number of nitrogens with one attached hydrogen (secondary N) is 1. The number of nitrogens with zero attached hydrogens (tertiary/aromatic N) is 1. The lowest BCUT2D eigenvalue weighted by atomic mass is 10.3. The van der Waals surface area contributed by atoms with Crippen LogP contribution >= 0.6 is 0 Å². The van der Waals surface area contributed by atoms with Gasteiger partial charge in [0.1, 0.15) is 11.5 Å². The first kappa shape index (κ1) is 16.5. The Hall–Kier alpha value is -1.89. The smallest absolute Gasteiger partial charge is 0.240 e. The average molecular weight is 320 g/mol. The van der Waals surface area contributed by atoms with E-state index < -0.39 is 10.0 Å². The molecule has 0 atom stereocenters. The number of rotatable bonds is 7. The fraction of sp³-hybridized carbons (Fsp3) is 0.250. The molecule has 0 radical (unpaired) electrons. The molecule has 0 spiro atoms. The Labute approximate surface area is 131 Å². The van der Waals surface area contributed by atoms with Gasteiger partial charge in [-0.3, -0.25) is 0 Å². The predicted molar refractivity (Wildman–Crippen MR) is 86.7 cm³/mol. The zero-order chi connectivity index (χ0) is 16.0. The first-order valence-electron chi connectivity index (χ1n) is 6.95. The Morgan fingerprint density at radius 1 is 0.955 bits per heavy atom. The van der Waals surface area contributed by atoms with Crippen LogP contribution in [0.4, 0.5) is 0 Å². The number of hydrogen-bond acceptors (Lipinski definition) is 4. The summed E-state index contributed by atoms with van der Waals surface area (Å²) in [4.78, 5) is 2.14. The molecule has 22 heavy (non-hydrogen) atoms. The first-order chi connectivity index (χ1) is 10.5. The van der Waals surface area contributed by atoms with Crippen LogP contribution < -0.4 is 9.46 Å². The van der Waals surface area contributed by atoms with Crippen LogP contribution in [0.15, 0.2) is 59.5 Å². The monoisotopic (exact) mass is 320 g/mol. The molecule has 0 heterocycles. The third kappa shape index (κ3) is 4.84. The highest BCUT2D eigenvalue weighted by Gasteiger charge is 2.13. The van der Waals surface area contributed by atoms with Crippen molar-refractivity contribution in [3.63, 3.8) is 0 Å². The number of sulfonamides is 1. The van der Waals surface area contributed by atoms with Crippen molar-refractivity contribution < 1.29 is 13.2 Å². The highest BCUT2D eigenvalue weighted by Crippen LogP contribution is 2.22.